The van der Waals surface area contributed by atoms with Gasteiger partial charge in [0.2, 0.25) is 23.6 Å². The number of oxazole rings is 2. The van der Waals surface area contributed by atoms with Crippen LogP contribution in [0.2, 0.25) is 0 Å². The Morgan fingerprint density at radius 2 is 1.23 bits per heavy atom. The zero-order chi connectivity index (χ0) is 47.4. The number of amides is 2. The number of methoxy groups -OCH3 is 1. The molecule has 2 fully saturated rings. The minimum absolute atomic E-state index is 0.118. The Bertz CT molecular complexity index is 2060. The first kappa shape index (κ1) is 52.4. The second-order valence-corrected chi connectivity index (χ2v) is 18.4. The molecule has 13 nitrogen and oxygen atoms in total. The number of piperidine rings is 2. The summed E-state index contributed by atoms with van der Waals surface area (Å²) in [5.74, 6) is 4.54. The van der Waals surface area contributed by atoms with Gasteiger partial charge in [0, 0.05) is 55.7 Å². The minimum atomic E-state index is 0.118. The number of aryl methyl sites for hydroxylation is 4. The second kappa shape index (κ2) is 27.3. The molecule has 2 amide bonds. The lowest BCUT2D eigenvalue weighted by atomic mass is 9.95. The van der Waals surface area contributed by atoms with Crippen LogP contribution in [-0.4, -0.2) is 127 Å². The third-order valence-electron chi connectivity index (χ3n) is 13.3. The molecule has 2 aliphatic rings. The van der Waals surface area contributed by atoms with Crippen molar-refractivity contribution in [1.82, 2.24) is 40.2 Å². The Hall–Kier alpha value is -4.56. The monoisotopic (exact) mass is 911 g/mol. The number of hydrogen-bond donors (Lipinski definition) is 2. The van der Waals surface area contributed by atoms with Gasteiger partial charge in [-0.3, -0.25) is 19.4 Å². The summed E-state index contributed by atoms with van der Waals surface area (Å²) in [7, 11) is 1.67. The van der Waals surface area contributed by atoms with Crippen molar-refractivity contribution in [3.8, 4) is 28.7 Å². The molecule has 0 unspecified atom stereocenters. The van der Waals surface area contributed by atoms with E-state index in [-0.39, 0.29) is 23.7 Å². The molecule has 2 saturated heterocycles. The summed E-state index contributed by atoms with van der Waals surface area (Å²) in [6, 6.07) is 14.2. The zero-order valence-electron chi connectivity index (χ0n) is 42.0. The summed E-state index contributed by atoms with van der Waals surface area (Å²) in [6.07, 6.45) is 8.08. The van der Waals surface area contributed by atoms with E-state index in [9.17, 15) is 9.59 Å². The topological polar surface area (TPSA) is 132 Å². The third-order valence-corrected chi connectivity index (χ3v) is 13.3. The fourth-order valence-electron chi connectivity index (χ4n) is 9.13. The molecule has 2 aromatic carbocycles. The maximum atomic E-state index is 12.6. The highest BCUT2D eigenvalue weighted by Gasteiger charge is 2.28. The van der Waals surface area contributed by atoms with Gasteiger partial charge < -0.3 is 34.0 Å². The Morgan fingerprint density at radius 3 is 1.77 bits per heavy atom. The van der Waals surface area contributed by atoms with Gasteiger partial charge in [0.25, 0.3) is 0 Å². The van der Waals surface area contributed by atoms with Crippen LogP contribution in [0.15, 0.2) is 51.3 Å². The van der Waals surface area contributed by atoms with E-state index in [4.69, 9.17) is 23.5 Å². The second-order valence-electron chi connectivity index (χ2n) is 18.4. The smallest absolute Gasteiger partial charge is 0.226 e. The summed E-state index contributed by atoms with van der Waals surface area (Å²) in [6.45, 7) is 30.0. The summed E-state index contributed by atoms with van der Waals surface area (Å²) < 4.78 is 17.4. The van der Waals surface area contributed by atoms with Gasteiger partial charge in [-0.25, -0.2) is 9.97 Å². The molecule has 2 N–H and O–H groups in total. The summed E-state index contributed by atoms with van der Waals surface area (Å²) in [5, 5.41) is 6.33. The van der Waals surface area contributed by atoms with Gasteiger partial charge in [-0.2, -0.15) is 0 Å². The molecule has 0 bridgehead atoms. The molecule has 0 aliphatic carbocycles. The molecule has 2 aliphatic heterocycles. The van der Waals surface area contributed by atoms with Crippen LogP contribution in [-0.2, 0) is 22.7 Å². The van der Waals surface area contributed by atoms with Crippen molar-refractivity contribution in [3.63, 3.8) is 0 Å². The van der Waals surface area contributed by atoms with E-state index in [1.54, 1.807) is 7.11 Å². The molecule has 13 heteroatoms. The molecular formula is C53H82N8O5. The lowest BCUT2D eigenvalue weighted by Gasteiger charge is -2.31. The number of carbonyl (C=O) groups is 2. The van der Waals surface area contributed by atoms with E-state index in [2.05, 4.69) is 83.1 Å². The molecular weight excluding hydrogens is 829 g/mol. The normalized spacial score (nSPS) is 15.3. The summed E-state index contributed by atoms with van der Waals surface area (Å²) in [5.41, 5.74) is 6.22. The van der Waals surface area contributed by atoms with E-state index >= 15 is 0 Å². The predicted molar refractivity (Wildman–Crippen MR) is 265 cm³/mol. The number of hydrogen-bond acceptors (Lipinski definition) is 11. The number of likely N-dealkylation sites (tertiary alicyclic amines) is 2. The first-order valence-corrected chi connectivity index (χ1v) is 25.0. The van der Waals surface area contributed by atoms with Crippen LogP contribution in [0.4, 0.5) is 0 Å². The first-order valence-electron chi connectivity index (χ1n) is 25.0. The van der Waals surface area contributed by atoms with Crippen LogP contribution in [0.3, 0.4) is 0 Å². The van der Waals surface area contributed by atoms with Crippen LogP contribution < -0.4 is 15.4 Å². The van der Waals surface area contributed by atoms with E-state index in [1.165, 1.54) is 5.56 Å². The summed E-state index contributed by atoms with van der Waals surface area (Å²) in [4.78, 5) is 44.4. The van der Waals surface area contributed by atoms with Gasteiger partial charge >= 0.3 is 0 Å². The van der Waals surface area contributed by atoms with Crippen LogP contribution in [0.1, 0.15) is 113 Å². The van der Waals surface area contributed by atoms with Crippen LogP contribution >= 0.6 is 0 Å². The maximum Gasteiger partial charge on any atom is 0.226 e. The Morgan fingerprint density at radius 1 is 0.682 bits per heavy atom. The molecule has 4 aromatic rings. The van der Waals surface area contributed by atoms with Crippen LogP contribution in [0.5, 0.6) is 5.75 Å². The fourth-order valence-corrected chi connectivity index (χ4v) is 9.13. The number of rotatable bonds is 23. The Kier molecular flexibility index (Phi) is 21.7. The molecule has 66 heavy (non-hydrogen) atoms. The lowest BCUT2D eigenvalue weighted by molar-refractivity contribution is -0.127. The maximum absolute atomic E-state index is 12.6. The van der Waals surface area contributed by atoms with Gasteiger partial charge in [-0.05, 0) is 173 Å². The highest BCUT2D eigenvalue weighted by molar-refractivity contribution is 5.79. The van der Waals surface area contributed by atoms with E-state index in [0.717, 1.165) is 188 Å². The van der Waals surface area contributed by atoms with E-state index in [0.29, 0.717) is 11.8 Å². The molecule has 364 valence electrons. The van der Waals surface area contributed by atoms with Crippen molar-refractivity contribution in [2.45, 2.75) is 120 Å². The highest BCUT2D eigenvalue weighted by atomic mass is 16.5. The van der Waals surface area contributed by atoms with Crippen molar-refractivity contribution in [1.29, 1.82) is 0 Å². The molecule has 2 aromatic heterocycles. The number of ether oxygens (including phenoxy) is 1. The molecule has 0 saturated carbocycles. The number of benzene rings is 2. The molecule has 0 radical (unpaired) electrons. The average Bonchev–Trinajstić information content (AvgIpc) is 3.88. The summed E-state index contributed by atoms with van der Waals surface area (Å²) >= 11 is 0. The molecule has 0 spiro atoms. The van der Waals surface area contributed by atoms with Crippen molar-refractivity contribution >= 4 is 11.8 Å². The average molecular weight is 911 g/mol. The van der Waals surface area contributed by atoms with Crippen molar-refractivity contribution < 1.29 is 23.2 Å². The van der Waals surface area contributed by atoms with Crippen LogP contribution in [0, 0.1) is 39.5 Å². The van der Waals surface area contributed by atoms with Crippen molar-refractivity contribution in [3.05, 3.63) is 76.5 Å². The number of nitrogens with one attached hydrogen (secondary N) is 2. The fraction of sp³-hybridized carbons (Fsp3) is 0.623. The molecule has 6 rings (SSSR count). The molecule has 0 atom stereocenters. The van der Waals surface area contributed by atoms with Gasteiger partial charge in [0.1, 0.15) is 17.3 Å². The largest absolute Gasteiger partial charge is 0.497 e. The zero-order valence-corrected chi connectivity index (χ0v) is 42.0. The van der Waals surface area contributed by atoms with E-state index < -0.39 is 0 Å². The Labute approximate surface area is 396 Å². The van der Waals surface area contributed by atoms with E-state index in [1.807, 2.05) is 45.0 Å². The standard InChI is InChI=1S/C27H42N4O3.C26H40N4O2/c1-6-30(7-2)13-9-8-12-28-26(32)22-10-14-31(15-11-22)19-25-21(4)34-27(29-25)23-16-20(3)17-24(18-23)33-5;1-5-14-29(15-6-2)18-13-27-25(31)22-11-16-30(17-12-22)19-24-21(4)32-26(28-24)23-10-8-7-9-20(23)3/h16-18,22H,6-15,19H2,1-5H3,(H,28,32);7-10,22H,5-6,11-19H2,1-4H3,(H,27,31). The Balaban J connectivity index is 0.000000248. The lowest BCUT2D eigenvalue weighted by Crippen LogP contribution is -2.42. The SMILES string of the molecule is CCCN(CCC)CCNC(=O)C1CCN(Cc2nc(-c3ccccc3C)oc2C)CC1.CCN(CC)CCCCNC(=O)C1CCN(Cc2nc(-c3cc(C)cc(OC)c3)oc2C)CC1. The number of unbranched alkanes of at least 4 members (excludes halogenated alkanes) is 1. The van der Waals surface area contributed by atoms with Gasteiger partial charge in [-0.1, -0.05) is 45.9 Å². The minimum Gasteiger partial charge on any atom is -0.497 e. The number of aromatic nitrogens is 2. The quantitative estimate of drug-likeness (QED) is 0.0693. The predicted octanol–water partition coefficient (Wildman–Crippen LogP) is 8.83. The third kappa shape index (κ3) is 16.1. The van der Waals surface area contributed by atoms with Crippen molar-refractivity contribution in [2.24, 2.45) is 11.8 Å². The first-order chi connectivity index (χ1) is 31.9. The van der Waals surface area contributed by atoms with Gasteiger partial charge in [-0.15, -0.1) is 0 Å². The highest BCUT2D eigenvalue weighted by Crippen LogP contribution is 2.29. The van der Waals surface area contributed by atoms with Gasteiger partial charge in [0.15, 0.2) is 0 Å². The number of nitrogens with zero attached hydrogens (tertiary/aromatic N) is 6. The number of carbonyl (C=O) groups excluding carboxylic acids is 2. The van der Waals surface area contributed by atoms with Crippen LogP contribution in [0.25, 0.3) is 22.9 Å². The van der Waals surface area contributed by atoms with Gasteiger partial charge in [0.05, 0.1) is 18.5 Å². The van der Waals surface area contributed by atoms with Crippen molar-refractivity contribution in [2.75, 3.05) is 85.6 Å². The molecule has 4 heterocycles.